The molecule has 0 aliphatic carbocycles. The van der Waals surface area contributed by atoms with Crippen molar-refractivity contribution in [2.75, 3.05) is 0 Å². The molecular formula is C12H19N. The minimum absolute atomic E-state index is 1.11. The van der Waals surface area contributed by atoms with Crippen LogP contribution in [0.5, 0.6) is 0 Å². The van der Waals surface area contributed by atoms with Gasteiger partial charge in [-0.1, -0.05) is 32.4 Å². The topological polar surface area (TPSA) is 4.93 Å². The second-order valence-electron chi connectivity index (χ2n) is 3.37. The van der Waals surface area contributed by atoms with Crippen LogP contribution in [0.15, 0.2) is 12.3 Å². The van der Waals surface area contributed by atoms with Crippen LogP contribution in [0.25, 0.3) is 12.2 Å². The van der Waals surface area contributed by atoms with Crippen molar-refractivity contribution in [2.24, 2.45) is 7.05 Å². The van der Waals surface area contributed by atoms with Gasteiger partial charge in [0, 0.05) is 18.6 Å². The van der Waals surface area contributed by atoms with Gasteiger partial charge in [-0.3, -0.25) is 0 Å². The molecular weight excluding hydrogens is 158 g/mol. The molecule has 0 N–H and O–H groups in total. The molecule has 1 nitrogen and oxygen atoms in total. The molecule has 1 heteroatoms. The quantitative estimate of drug-likeness (QED) is 0.663. The van der Waals surface area contributed by atoms with Gasteiger partial charge in [-0.25, -0.2) is 0 Å². The molecule has 0 aliphatic rings. The van der Waals surface area contributed by atoms with Crippen molar-refractivity contribution in [1.82, 2.24) is 4.57 Å². The number of aryl methyl sites for hydroxylation is 1. The summed E-state index contributed by atoms with van der Waals surface area (Å²) in [4.78, 5) is 0. The first kappa shape index (κ1) is 10.1. The molecule has 0 atom stereocenters. The molecule has 1 aromatic heterocycles. The molecule has 0 aliphatic heterocycles. The average molecular weight is 177 g/mol. The van der Waals surface area contributed by atoms with Crippen molar-refractivity contribution in [3.63, 3.8) is 0 Å². The van der Waals surface area contributed by atoms with Gasteiger partial charge in [0.15, 0.2) is 0 Å². The van der Waals surface area contributed by atoms with E-state index in [2.05, 4.69) is 49.9 Å². The highest BCUT2D eigenvalue weighted by molar-refractivity contribution is 5.29. The molecule has 0 aromatic carbocycles. The van der Waals surface area contributed by atoms with Crippen molar-refractivity contribution in [3.05, 3.63) is 22.8 Å². The molecule has 0 amide bonds. The molecule has 1 aromatic rings. The summed E-state index contributed by atoms with van der Waals surface area (Å²) in [5.41, 5.74) is 0. The highest BCUT2D eigenvalue weighted by atomic mass is 14.9. The van der Waals surface area contributed by atoms with E-state index in [1.165, 1.54) is 23.4 Å². The second-order valence-corrected chi connectivity index (χ2v) is 3.37. The van der Waals surface area contributed by atoms with Gasteiger partial charge in [0.25, 0.3) is 0 Å². The van der Waals surface area contributed by atoms with E-state index in [9.17, 15) is 0 Å². The Morgan fingerprint density at radius 2 is 2.08 bits per heavy atom. The maximum absolute atomic E-state index is 2.32. The van der Waals surface area contributed by atoms with Gasteiger partial charge in [-0.05, 0) is 24.1 Å². The van der Waals surface area contributed by atoms with Crippen LogP contribution < -0.4 is 10.6 Å². The minimum Gasteiger partial charge on any atom is -0.351 e. The number of rotatable bonds is 3. The summed E-state index contributed by atoms with van der Waals surface area (Å²) in [6, 6.07) is 2.19. The molecule has 72 valence electrons. The monoisotopic (exact) mass is 177 g/mol. The van der Waals surface area contributed by atoms with Crippen LogP contribution in [0.2, 0.25) is 0 Å². The summed E-state index contributed by atoms with van der Waals surface area (Å²) in [6.45, 7) is 4.39. The molecule has 0 saturated carbocycles. The van der Waals surface area contributed by atoms with Crippen molar-refractivity contribution < 1.29 is 0 Å². The molecule has 0 unspecified atom stereocenters. The van der Waals surface area contributed by atoms with Crippen molar-refractivity contribution in [3.8, 4) is 0 Å². The lowest BCUT2D eigenvalue weighted by Crippen LogP contribution is -2.27. The van der Waals surface area contributed by atoms with Crippen LogP contribution in [0.4, 0.5) is 0 Å². The lowest BCUT2D eigenvalue weighted by atomic mass is 10.3. The molecule has 1 heterocycles. The first-order valence-electron chi connectivity index (χ1n) is 5.11. The second kappa shape index (κ2) is 4.90. The lowest BCUT2D eigenvalue weighted by Gasteiger charge is -1.91. The number of nitrogens with zero attached hydrogens (tertiary/aromatic N) is 1. The highest BCUT2D eigenvalue weighted by Gasteiger charge is 1.89. The van der Waals surface area contributed by atoms with Crippen LogP contribution in [0.3, 0.4) is 0 Å². The van der Waals surface area contributed by atoms with Crippen LogP contribution in [-0.2, 0) is 7.05 Å². The first-order chi connectivity index (χ1) is 6.29. The van der Waals surface area contributed by atoms with Gasteiger partial charge in [-0.2, -0.15) is 0 Å². The van der Waals surface area contributed by atoms with Crippen LogP contribution in [0.1, 0.15) is 33.1 Å². The van der Waals surface area contributed by atoms with E-state index in [0.29, 0.717) is 0 Å². The zero-order chi connectivity index (χ0) is 9.68. The Labute approximate surface area is 80.4 Å². The molecule has 0 spiro atoms. The summed E-state index contributed by atoms with van der Waals surface area (Å²) < 4.78 is 2.19. The summed E-state index contributed by atoms with van der Waals surface area (Å²) >= 11 is 0. The Kier molecular flexibility index (Phi) is 3.81. The van der Waals surface area contributed by atoms with E-state index in [-0.39, 0.29) is 0 Å². The van der Waals surface area contributed by atoms with Crippen LogP contribution in [-0.4, -0.2) is 4.57 Å². The van der Waals surface area contributed by atoms with Crippen LogP contribution in [0, 0.1) is 0 Å². The zero-order valence-electron chi connectivity index (χ0n) is 8.88. The van der Waals surface area contributed by atoms with E-state index < -0.39 is 0 Å². The third kappa shape index (κ3) is 2.48. The maximum Gasteiger partial charge on any atom is 0.0433 e. The summed E-state index contributed by atoms with van der Waals surface area (Å²) in [5, 5.41) is 2.74. The van der Waals surface area contributed by atoms with Gasteiger partial charge in [0.05, 0.1) is 0 Å². The summed E-state index contributed by atoms with van der Waals surface area (Å²) in [6.07, 6.45) is 10.2. The maximum atomic E-state index is 2.32. The Morgan fingerprint density at radius 3 is 2.69 bits per heavy atom. The Balaban J connectivity index is 3.16. The lowest BCUT2D eigenvalue weighted by molar-refractivity contribution is 0.876. The van der Waals surface area contributed by atoms with Crippen molar-refractivity contribution in [1.29, 1.82) is 0 Å². The van der Waals surface area contributed by atoms with E-state index in [0.717, 1.165) is 6.42 Å². The fourth-order valence-corrected chi connectivity index (χ4v) is 1.50. The van der Waals surface area contributed by atoms with Gasteiger partial charge < -0.3 is 4.57 Å². The van der Waals surface area contributed by atoms with E-state index in [1.54, 1.807) is 0 Å². The number of unbranched alkanes of at least 4 members (excludes halogenated alkanes) is 1. The minimum atomic E-state index is 1.11. The van der Waals surface area contributed by atoms with Gasteiger partial charge >= 0.3 is 0 Å². The molecule has 13 heavy (non-hydrogen) atoms. The van der Waals surface area contributed by atoms with E-state index in [4.69, 9.17) is 0 Å². The SMILES string of the molecule is CC/C=c1/ccn(C)/c1=C/CCC. The summed E-state index contributed by atoms with van der Waals surface area (Å²) in [5.74, 6) is 0. The summed E-state index contributed by atoms with van der Waals surface area (Å²) in [7, 11) is 2.11. The van der Waals surface area contributed by atoms with Crippen molar-refractivity contribution in [2.45, 2.75) is 33.1 Å². The predicted octanol–water partition coefficient (Wildman–Crippen LogP) is 1.80. The average Bonchev–Trinajstić information content (AvgIpc) is 2.45. The van der Waals surface area contributed by atoms with Gasteiger partial charge in [0.1, 0.15) is 0 Å². The Morgan fingerprint density at radius 1 is 1.31 bits per heavy atom. The number of hydrogen-bond donors (Lipinski definition) is 0. The molecule has 1 rings (SSSR count). The Hall–Kier alpha value is -0.980. The Bertz CT molecular complexity index is 357. The molecule has 0 bridgehead atoms. The first-order valence-corrected chi connectivity index (χ1v) is 5.11. The van der Waals surface area contributed by atoms with E-state index >= 15 is 0 Å². The third-order valence-corrected chi connectivity index (χ3v) is 2.20. The zero-order valence-corrected chi connectivity index (χ0v) is 8.88. The molecule has 0 radical (unpaired) electrons. The van der Waals surface area contributed by atoms with Crippen LogP contribution >= 0.6 is 0 Å². The van der Waals surface area contributed by atoms with Gasteiger partial charge in [0.2, 0.25) is 0 Å². The standard InChI is InChI=1S/C12H19N/c1-4-6-8-12-11(7-5-2)9-10-13(12)3/h7-10H,4-6H2,1-3H3/b11-7-,12-8+. The molecule has 0 fully saturated rings. The largest absolute Gasteiger partial charge is 0.351 e. The fourth-order valence-electron chi connectivity index (χ4n) is 1.50. The molecule has 0 saturated heterocycles. The van der Waals surface area contributed by atoms with Gasteiger partial charge in [-0.15, -0.1) is 0 Å². The predicted molar refractivity (Wildman–Crippen MR) is 58.8 cm³/mol. The highest BCUT2D eigenvalue weighted by Crippen LogP contribution is 1.86. The third-order valence-electron chi connectivity index (χ3n) is 2.20. The normalized spacial score (nSPS) is 14.1. The number of aromatic nitrogens is 1. The van der Waals surface area contributed by atoms with E-state index in [1.807, 2.05) is 0 Å². The smallest absolute Gasteiger partial charge is 0.0433 e. The van der Waals surface area contributed by atoms with Crippen molar-refractivity contribution >= 4 is 12.2 Å². The fraction of sp³-hybridized carbons (Fsp3) is 0.500. The number of hydrogen-bond acceptors (Lipinski definition) is 0.